The van der Waals surface area contributed by atoms with Crippen LogP contribution < -0.4 is 10.4 Å². The van der Waals surface area contributed by atoms with Crippen LogP contribution in [0.2, 0.25) is 0 Å². The van der Waals surface area contributed by atoms with Crippen LogP contribution in [0.4, 0.5) is 4.39 Å². The Morgan fingerprint density at radius 1 is 1.48 bits per heavy atom. The lowest BCUT2D eigenvalue weighted by molar-refractivity contribution is 0.0941. The van der Waals surface area contributed by atoms with E-state index < -0.39 is 0 Å². The van der Waals surface area contributed by atoms with Gasteiger partial charge in [0.25, 0.3) is 0 Å². The normalized spacial score (nSPS) is 17.5. The highest BCUT2D eigenvalue weighted by atomic mass is 32.2. The fourth-order valence-electron chi connectivity index (χ4n) is 2.41. The number of aromatic amines is 1. The van der Waals surface area contributed by atoms with E-state index in [1.54, 1.807) is 22.8 Å². The topological polar surface area (TPSA) is 69.1 Å². The van der Waals surface area contributed by atoms with Crippen molar-refractivity contribution in [2.75, 3.05) is 19.0 Å². The second-order valence-corrected chi connectivity index (χ2v) is 6.25. The van der Waals surface area contributed by atoms with Gasteiger partial charge in [0.05, 0.1) is 19.3 Å². The van der Waals surface area contributed by atoms with E-state index in [1.807, 2.05) is 0 Å². The largest absolute Gasteiger partial charge is 0.490 e. The van der Waals surface area contributed by atoms with Gasteiger partial charge in [0.15, 0.2) is 16.7 Å². The lowest BCUT2D eigenvalue weighted by Gasteiger charge is -2.11. The van der Waals surface area contributed by atoms with Crippen molar-refractivity contribution in [3.8, 4) is 5.75 Å². The van der Waals surface area contributed by atoms with Crippen molar-refractivity contribution in [3.05, 3.63) is 40.6 Å². The Bertz CT molecular complexity index is 697. The van der Waals surface area contributed by atoms with Crippen LogP contribution >= 0.6 is 11.8 Å². The smallest absolute Gasteiger partial charge is 0.344 e. The minimum absolute atomic E-state index is 0.0688. The van der Waals surface area contributed by atoms with Gasteiger partial charge in [-0.05, 0) is 25.0 Å². The van der Waals surface area contributed by atoms with Crippen LogP contribution in [0.5, 0.6) is 5.75 Å². The number of benzene rings is 1. The molecule has 1 N–H and O–H groups in total. The predicted octanol–water partition coefficient (Wildman–Crippen LogP) is 2.06. The third-order valence-corrected chi connectivity index (χ3v) is 4.48. The Hall–Kier alpha value is -1.80. The van der Waals surface area contributed by atoms with Gasteiger partial charge in [-0.3, -0.25) is 4.57 Å². The van der Waals surface area contributed by atoms with Gasteiger partial charge in [0.1, 0.15) is 0 Å². The maximum atomic E-state index is 13.4. The van der Waals surface area contributed by atoms with E-state index >= 15 is 0 Å². The maximum absolute atomic E-state index is 13.4. The highest BCUT2D eigenvalue weighted by Crippen LogP contribution is 2.19. The Morgan fingerprint density at radius 2 is 2.35 bits per heavy atom. The Morgan fingerprint density at radius 3 is 3.13 bits per heavy atom. The number of hydrogen-bond donors (Lipinski definition) is 1. The van der Waals surface area contributed by atoms with Crippen molar-refractivity contribution in [1.82, 2.24) is 14.8 Å². The number of nitrogens with zero attached hydrogens (tertiary/aromatic N) is 2. The van der Waals surface area contributed by atoms with Crippen molar-refractivity contribution in [3.63, 3.8) is 0 Å². The fraction of sp³-hybridized carbons (Fsp3) is 0.467. The van der Waals surface area contributed by atoms with Gasteiger partial charge in [-0.1, -0.05) is 23.9 Å². The maximum Gasteiger partial charge on any atom is 0.344 e. The molecule has 8 heteroatoms. The minimum atomic E-state index is -0.382. The summed E-state index contributed by atoms with van der Waals surface area (Å²) in [4.78, 5) is 11.8. The number of halogens is 1. The van der Waals surface area contributed by atoms with E-state index in [0.29, 0.717) is 24.1 Å². The summed E-state index contributed by atoms with van der Waals surface area (Å²) in [6.07, 6.45) is 2.05. The molecule has 0 amide bonds. The molecule has 1 aliphatic rings. The number of rotatable bonds is 7. The van der Waals surface area contributed by atoms with Crippen LogP contribution in [-0.4, -0.2) is 39.8 Å². The first kappa shape index (κ1) is 16.1. The quantitative estimate of drug-likeness (QED) is 0.618. The van der Waals surface area contributed by atoms with Crippen LogP contribution in [0.25, 0.3) is 0 Å². The third kappa shape index (κ3) is 4.14. The fourth-order valence-corrected chi connectivity index (χ4v) is 3.19. The van der Waals surface area contributed by atoms with E-state index in [1.165, 1.54) is 17.8 Å². The van der Waals surface area contributed by atoms with Gasteiger partial charge in [-0.2, -0.15) is 0 Å². The van der Waals surface area contributed by atoms with E-state index in [4.69, 9.17) is 9.47 Å². The summed E-state index contributed by atoms with van der Waals surface area (Å²) in [5, 5.41) is 7.08. The molecule has 2 aromatic rings. The molecule has 0 saturated carbocycles. The standard InChI is InChI=1S/C15H18FN3O3S/c16-12-5-1-2-6-13(12)22-8-9-23-15-18-17-14(20)19(15)10-11-4-3-7-21-11/h1-2,5-6,11H,3-4,7-10H2,(H,17,20)/t11-/m0/s1. The Balaban J connectivity index is 1.52. The zero-order valence-corrected chi connectivity index (χ0v) is 13.4. The molecule has 23 heavy (non-hydrogen) atoms. The number of para-hydroxylation sites is 1. The lowest BCUT2D eigenvalue weighted by Crippen LogP contribution is -2.25. The first-order valence-corrected chi connectivity index (χ1v) is 8.49. The van der Waals surface area contributed by atoms with E-state index in [0.717, 1.165) is 19.4 Å². The average Bonchev–Trinajstić information content (AvgIpc) is 3.18. The molecule has 6 nitrogen and oxygen atoms in total. The molecule has 1 fully saturated rings. The van der Waals surface area contributed by atoms with Gasteiger partial charge >= 0.3 is 5.69 Å². The predicted molar refractivity (Wildman–Crippen MR) is 84.4 cm³/mol. The van der Waals surface area contributed by atoms with Gasteiger partial charge < -0.3 is 9.47 Å². The molecule has 1 atom stereocenters. The Labute approximate surface area is 137 Å². The van der Waals surface area contributed by atoms with Gasteiger partial charge in [0, 0.05) is 12.4 Å². The molecule has 1 saturated heterocycles. The van der Waals surface area contributed by atoms with Crippen molar-refractivity contribution in [1.29, 1.82) is 0 Å². The molecule has 0 aliphatic carbocycles. The zero-order chi connectivity index (χ0) is 16.1. The van der Waals surface area contributed by atoms with Crippen LogP contribution in [0.3, 0.4) is 0 Å². The number of thioether (sulfide) groups is 1. The lowest BCUT2D eigenvalue weighted by atomic mass is 10.2. The molecule has 1 aromatic heterocycles. The molecule has 0 spiro atoms. The second kappa shape index (κ2) is 7.65. The molecule has 2 heterocycles. The monoisotopic (exact) mass is 339 g/mol. The van der Waals surface area contributed by atoms with E-state index in [2.05, 4.69) is 10.2 Å². The van der Waals surface area contributed by atoms with E-state index in [9.17, 15) is 9.18 Å². The van der Waals surface area contributed by atoms with Crippen molar-refractivity contribution >= 4 is 11.8 Å². The van der Waals surface area contributed by atoms with Gasteiger partial charge in [-0.25, -0.2) is 14.3 Å². The third-order valence-electron chi connectivity index (χ3n) is 3.54. The summed E-state index contributed by atoms with van der Waals surface area (Å²) in [6.45, 7) is 1.58. The molecular formula is C15H18FN3O3S. The number of aromatic nitrogens is 3. The first-order chi connectivity index (χ1) is 11.2. The zero-order valence-electron chi connectivity index (χ0n) is 12.5. The molecule has 0 unspecified atom stereocenters. The molecule has 124 valence electrons. The van der Waals surface area contributed by atoms with Crippen LogP contribution in [0.1, 0.15) is 12.8 Å². The van der Waals surface area contributed by atoms with Gasteiger partial charge in [0.2, 0.25) is 0 Å². The van der Waals surface area contributed by atoms with Crippen LogP contribution in [-0.2, 0) is 11.3 Å². The van der Waals surface area contributed by atoms with E-state index in [-0.39, 0.29) is 23.4 Å². The highest BCUT2D eigenvalue weighted by Gasteiger charge is 2.19. The van der Waals surface area contributed by atoms with Gasteiger partial charge in [-0.15, -0.1) is 5.10 Å². The van der Waals surface area contributed by atoms with Crippen molar-refractivity contribution in [2.24, 2.45) is 0 Å². The molecule has 0 radical (unpaired) electrons. The van der Waals surface area contributed by atoms with Crippen LogP contribution in [0.15, 0.2) is 34.2 Å². The summed E-state index contributed by atoms with van der Waals surface area (Å²) in [5.41, 5.74) is -0.238. The molecular weight excluding hydrogens is 321 g/mol. The van der Waals surface area contributed by atoms with Crippen molar-refractivity contribution in [2.45, 2.75) is 30.6 Å². The summed E-state index contributed by atoms with van der Waals surface area (Å²) < 4.78 is 26.0. The average molecular weight is 339 g/mol. The second-order valence-electron chi connectivity index (χ2n) is 5.18. The Kier molecular flexibility index (Phi) is 5.35. The number of H-pyrrole nitrogens is 1. The van der Waals surface area contributed by atoms with Crippen LogP contribution in [0, 0.1) is 5.82 Å². The highest BCUT2D eigenvalue weighted by molar-refractivity contribution is 7.99. The molecule has 3 rings (SSSR count). The summed E-state index contributed by atoms with van der Waals surface area (Å²) in [5.74, 6) is 0.406. The number of ether oxygens (including phenoxy) is 2. The SMILES string of the molecule is O=c1[nH]nc(SCCOc2ccccc2F)n1C[C@@H]1CCCO1. The number of nitrogens with one attached hydrogen (secondary N) is 1. The van der Waals surface area contributed by atoms with Crippen molar-refractivity contribution < 1.29 is 13.9 Å². The number of hydrogen-bond acceptors (Lipinski definition) is 5. The molecule has 1 aliphatic heterocycles. The minimum Gasteiger partial charge on any atom is -0.490 e. The summed E-state index contributed by atoms with van der Waals surface area (Å²) >= 11 is 1.39. The molecule has 0 bridgehead atoms. The summed E-state index contributed by atoms with van der Waals surface area (Å²) in [6, 6.07) is 6.28. The first-order valence-electron chi connectivity index (χ1n) is 7.51. The molecule has 1 aromatic carbocycles. The summed E-state index contributed by atoms with van der Waals surface area (Å²) in [7, 11) is 0.